The Balaban J connectivity index is 1.58. The van der Waals surface area contributed by atoms with Crippen LogP contribution in [0.5, 0.6) is 0 Å². The third-order valence-corrected chi connectivity index (χ3v) is 5.23. The molecule has 7 nitrogen and oxygen atoms in total. The highest BCUT2D eigenvalue weighted by molar-refractivity contribution is 7.13. The van der Waals surface area contributed by atoms with Gasteiger partial charge in [0, 0.05) is 25.2 Å². The Bertz CT molecular complexity index is 470. The summed E-state index contributed by atoms with van der Waals surface area (Å²) in [7, 11) is 0. The third-order valence-electron chi connectivity index (χ3n) is 4.62. The second-order valence-electron chi connectivity index (χ2n) is 5.94. The maximum absolute atomic E-state index is 12.1. The first-order chi connectivity index (χ1) is 10.8. The minimum Gasteiger partial charge on any atom is -0.379 e. The van der Waals surface area contributed by atoms with Crippen LogP contribution in [0.25, 0.3) is 0 Å². The van der Waals surface area contributed by atoms with E-state index in [0.29, 0.717) is 11.7 Å². The Labute approximate surface area is 134 Å². The van der Waals surface area contributed by atoms with Gasteiger partial charge >= 0.3 is 6.03 Å². The van der Waals surface area contributed by atoms with Gasteiger partial charge in [0.15, 0.2) is 0 Å². The number of nitrogens with one attached hydrogen (secondary N) is 2. The number of aromatic nitrogens is 2. The lowest BCUT2D eigenvalue weighted by Gasteiger charge is -2.48. The number of hydrogen-bond acceptors (Lipinski definition) is 6. The zero-order valence-corrected chi connectivity index (χ0v) is 13.5. The van der Waals surface area contributed by atoms with Crippen LogP contribution in [-0.4, -0.2) is 59.5 Å². The number of morpholine rings is 1. The number of carbonyl (C=O) groups excluding carboxylic acids is 1. The first kappa shape index (κ1) is 15.6. The highest BCUT2D eigenvalue weighted by atomic mass is 32.1. The van der Waals surface area contributed by atoms with Gasteiger partial charge in [-0.2, -0.15) is 0 Å². The number of anilines is 1. The minimum absolute atomic E-state index is 0.0838. The van der Waals surface area contributed by atoms with Crippen molar-refractivity contribution >= 4 is 22.5 Å². The molecule has 2 aliphatic rings. The van der Waals surface area contributed by atoms with E-state index in [1.165, 1.54) is 30.6 Å². The van der Waals surface area contributed by atoms with Crippen LogP contribution in [0.15, 0.2) is 5.51 Å². The van der Waals surface area contributed by atoms with E-state index < -0.39 is 0 Å². The molecule has 2 heterocycles. The number of ether oxygens (including phenoxy) is 1. The Kier molecular flexibility index (Phi) is 5.22. The summed E-state index contributed by atoms with van der Waals surface area (Å²) in [5, 5.41) is 13.8. The number of nitrogens with zero attached hydrogens (tertiary/aromatic N) is 3. The summed E-state index contributed by atoms with van der Waals surface area (Å²) in [6, 6.07) is -0.199. The fourth-order valence-corrected chi connectivity index (χ4v) is 3.91. The van der Waals surface area contributed by atoms with Crippen molar-refractivity contribution in [2.24, 2.45) is 0 Å². The van der Waals surface area contributed by atoms with Gasteiger partial charge in [-0.3, -0.25) is 10.2 Å². The Hall–Kier alpha value is -1.25. The van der Waals surface area contributed by atoms with Gasteiger partial charge in [0.1, 0.15) is 5.51 Å². The monoisotopic (exact) mass is 325 g/mol. The normalized spacial score (nSPS) is 22.2. The SMILES string of the molecule is O=C(NCC1(N2CCOCC2)CCCCC1)Nc1nncs1. The molecule has 1 aromatic heterocycles. The van der Waals surface area contributed by atoms with Crippen molar-refractivity contribution in [3.05, 3.63) is 5.51 Å². The maximum atomic E-state index is 12.1. The highest BCUT2D eigenvalue weighted by Gasteiger charge is 2.38. The minimum atomic E-state index is -0.199. The van der Waals surface area contributed by atoms with E-state index >= 15 is 0 Å². The molecular formula is C14H23N5O2S. The van der Waals surface area contributed by atoms with Crippen LogP contribution >= 0.6 is 11.3 Å². The van der Waals surface area contributed by atoms with Gasteiger partial charge in [-0.25, -0.2) is 4.79 Å². The number of carbonyl (C=O) groups is 1. The van der Waals surface area contributed by atoms with E-state index in [9.17, 15) is 4.79 Å². The van der Waals surface area contributed by atoms with E-state index in [4.69, 9.17) is 4.74 Å². The summed E-state index contributed by atoms with van der Waals surface area (Å²) < 4.78 is 5.48. The summed E-state index contributed by atoms with van der Waals surface area (Å²) in [5.74, 6) is 0. The molecule has 2 fully saturated rings. The number of urea groups is 1. The largest absolute Gasteiger partial charge is 0.379 e. The van der Waals surface area contributed by atoms with Crippen LogP contribution in [0.4, 0.5) is 9.93 Å². The molecule has 1 saturated carbocycles. The molecule has 0 spiro atoms. The average Bonchev–Trinajstić information content (AvgIpc) is 3.08. The summed E-state index contributed by atoms with van der Waals surface area (Å²) in [6.07, 6.45) is 6.05. The maximum Gasteiger partial charge on any atom is 0.321 e. The van der Waals surface area contributed by atoms with E-state index in [1.54, 1.807) is 5.51 Å². The van der Waals surface area contributed by atoms with E-state index in [2.05, 4.69) is 25.7 Å². The molecular weight excluding hydrogens is 302 g/mol. The fourth-order valence-electron chi connectivity index (χ4n) is 3.47. The molecule has 0 aromatic carbocycles. The van der Waals surface area contributed by atoms with Crippen LogP contribution in [0, 0.1) is 0 Å². The van der Waals surface area contributed by atoms with Crippen molar-refractivity contribution in [2.75, 3.05) is 38.2 Å². The van der Waals surface area contributed by atoms with Crippen molar-refractivity contribution in [3.63, 3.8) is 0 Å². The van der Waals surface area contributed by atoms with E-state index in [-0.39, 0.29) is 11.6 Å². The van der Waals surface area contributed by atoms with Gasteiger partial charge in [-0.05, 0) is 12.8 Å². The standard InChI is InChI=1S/C14H23N5O2S/c20-12(17-13-18-16-11-22-13)15-10-14(4-2-1-3-5-14)19-6-8-21-9-7-19/h11H,1-10H2,(H2,15,17,18,20). The molecule has 22 heavy (non-hydrogen) atoms. The Morgan fingerprint density at radius 3 is 2.77 bits per heavy atom. The molecule has 3 rings (SSSR count). The quantitative estimate of drug-likeness (QED) is 0.881. The van der Waals surface area contributed by atoms with Crippen LogP contribution in [-0.2, 0) is 4.74 Å². The van der Waals surface area contributed by atoms with Crippen molar-refractivity contribution in [1.82, 2.24) is 20.4 Å². The number of rotatable bonds is 4. The number of amides is 2. The molecule has 122 valence electrons. The van der Waals surface area contributed by atoms with Gasteiger partial charge in [-0.15, -0.1) is 10.2 Å². The highest BCUT2D eigenvalue weighted by Crippen LogP contribution is 2.33. The molecule has 0 unspecified atom stereocenters. The molecule has 2 N–H and O–H groups in total. The molecule has 0 bridgehead atoms. The molecule has 0 radical (unpaired) electrons. The third kappa shape index (κ3) is 3.74. The zero-order chi connectivity index (χ0) is 15.3. The summed E-state index contributed by atoms with van der Waals surface area (Å²) in [5.41, 5.74) is 1.69. The smallest absolute Gasteiger partial charge is 0.321 e. The van der Waals surface area contributed by atoms with Crippen LogP contribution in [0.1, 0.15) is 32.1 Å². The first-order valence-electron chi connectivity index (χ1n) is 7.92. The zero-order valence-electron chi connectivity index (χ0n) is 12.7. The molecule has 0 atom stereocenters. The summed E-state index contributed by atoms with van der Waals surface area (Å²) in [4.78, 5) is 14.6. The second kappa shape index (κ2) is 7.34. The second-order valence-corrected chi connectivity index (χ2v) is 6.77. The lowest BCUT2D eigenvalue weighted by atomic mass is 9.80. The summed E-state index contributed by atoms with van der Waals surface area (Å²) in [6.45, 7) is 4.18. The summed E-state index contributed by atoms with van der Waals surface area (Å²) >= 11 is 1.32. The predicted molar refractivity (Wildman–Crippen MR) is 85.1 cm³/mol. The fraction of sp³-hybridized carbons (Fsp3) is 0.786. The van der Waals surface area contributed by atoms with Crippen molar-refractivity contribution in [1.29, 1.82) is 0 Å². The molecule has 8 heteroatoms. The Morgan fingerprint density at radius 1 is 1.32 bits per heavy atom. The molecule has 2 amide bonds. The van der Waals surface area contributed by atoms with Gasteiger partial charge in [0.25, 0.3) is 0 Å². The van der Waals surface area contributed by atoms with Crippen LogP contribution in [0.2, 0.25) is 0 Å². The van der Waals surface area contributed by atoms with Gasteiger partial charge in [0.2, 0.25) is 5.13 Å². The van der Waals surface area contributed by atoms with Crippen molar-refractivity contribution < 1.29 is 9.53 Å². The van der Waals surface area contributed by atoms with E-state index in [1.807, 2.05) is 0 Å². The van der Waals surface area contributed by atoms with Gasteiger partial charge in [-0.1, -0.05) is 30.6 Å². The number of hydrogen-bond donors (Lipinski definition) is 2. The lowest BCUT2D eigenvalue weighted by Crippen LogP contribution is -2.60. The first-order valence-corrected chi connectivity index (χ1v) is 8.80. The Morgan fingerprint density at radius 2 is 2.09 bits per heavy atom. The predicted octanol–water partition coefficient (Wildman–Crippen LogP) is 1.69. The van der Waals surface area contributed by atoms with Gasteiger partial charge in [0.05, 0.1) is 13.2 Å². The van der Waals surface area contributed by atoms with Crippen molar-refractivity contribution in [3.8, 4) is 0 Å². The molecule has 1 aromatic rings. The van der Waals surface area contributed by atoms with Crippen LogP contribution < -0.4 is 10.6 Å². The van der Waals surface area contributed by atoms with E-state index in [0.717, 1.165) is 39.1 Å². The topological polar surface area (TPSA) is 79.4 Å². The van der Waals surface area contributed by atoms with Gasteiger partial charge < -0.3 is 10.1 Å². The van der Waals surface area contributed by atoms with Crippen LogP contribution in [0.3, 0.4) is 0 Å². The van der Waals surface area contributed by atoms with Crippen molar-refractivity contribution in [2.45, 2.75) is 37.6 Å². The molecule has 1 saturated heterocycles. The average molecular weight is 325 g/mol. The molecule has 1 aliphatic carbocycles. The molecule has 1 aliphatic heterocycles. The lowest BCUT2D eigenvalue weighted by molar-refractivity contribution is -0.0356.